The smallest absolute Gasteiger partial charge is 0.252 e. The molecule has 2 nitrogen and oxygen atoms in total. The Bertz CT molecular complexity index is 3680. The number of fused-ring (bicyclic) bond motifs is 4. The first kappa shape index (κ1) is 49.2. The van der Waals surface area contributed by atoms with Gasteiger partial charge in [-0.15, -0.1) is 0 Å². The van der Waals surface area contributed by atoms with Crippen LogP contribution < -0.4 is 26.2 Å². The predicted molar refractivity (Wildman–Crippen MR) is 337 cm³/mol. The van der Waals surface area contributed by atoms with Gasteiger partial charge in [0.25, 0.3) is 6.71 Å². The number of rotatable bonds is 8. The van der Waals surface area contributed by atoms with Gasteiger partial charge in [-0.3, -0.25) is 0 Å². The molecule has 0 bridgehead atoms. The third-order valence-corrected chi connectivity index (χ3v) is 16.7. The Hall–Kier alpha value is -7.38. The second kappa shape index (κ2) is 19.9. The maximum Gasteiger partial charge on any atom is 0.252 e. The molecular weight excluding hydrogens is 1110 g/mol. The maximum absolute atomic E-state index is 7.93. The standard InChI is InChI=1S/C70H49BBr2Cl2N2/c1-70(2,3)52-38-63-65-64(39-52)77(67-57(48-30-18-8-19-31-48)36-51(45-24-12-5-13-25-45)37-58(67)49-32-20-9-21-33-49)69-60(41-54(73)43-62(69)75)71(65)59-40-53(72)42-61(74)68(59)76(63)66-55(46-26-14-6-15-27-46)34-50(44-22-10-4-11-23-44)35-56(66)47-28-16-7-17-29-47/h4-43H,1-3H3. The fourth-order valence-corrected chi connectivity index (χ4v) is 13.5. The Kier molecular flexibility index (Phi) is 12.7. The van der Waals surface area contributed by atoms with E-state index in [-0.39, 0.29) is 12.1 Å². The summed E-state index contributed by atoms with van der Waals surface area (Å²) in [6, 6.07) is 87.7. The summed E-state index contributed by atoms with van der Waals surface area (Å²) in [5.74, 6) is 0. The zero-order valence-corrected chi connectivity index (χ0v) is 47.3. The van der Waals surface area contributed by atoms with Gasteiger partial charge in [-0.1, -0.05) is 270 Å². The molecule has 77 heavy (non-hydrogen) atoms. The Morgan fingerprint density at radius 3 is 0.909 bits per heavy atom. The largest absolute Gasteiger partial charge is 0.309 e. The van der Waals surface area contributed by atoms with E-state index >= 15 is 0 Å². The van der Waals surface area contributed by atoms with E-state index in [1.807, 2.05) is 12.1 Å². The maximum atomic E-state index is 7.93. The Labute approximate surface area is 478 Å². The molecule has 2 aliphatic heterocycles. The van der Waals surface area contributed by atoms with Crippen LogP contribution in [0.4, 0.5) is 34.1 Å². The quantitative estimate of drug-likeness (QED) is 0.140. The molecule has 0 unspecified atom stereocenters. The van der Waals surface area contributed by atoms with Crippen molar-refractivity contribution in [2.45, 2.75) is 26.2 Å². The topological polar surface area (TPSA) is 6.48 Å². The molecule has 0 spiro atoms. The first-order valence-electron chi connectivity index (χ1n) is 26.0. The third-order valence-electron chi connectivity index (χ3n) is 15.2. The van der Waals surface area contributed by atoms with E-state index in [9.17, 15) is 0 Å². The highest BCUT2D eigenvalue weighted by atomic mass is 79.9. The minimum Gasteiger partial charge on any atom is -0.309 e. The molecule has 0 amide bonds. The van der Waals surface area contributed by atoms with Crippen molar-refractivity contribution >= 4 is 112 Å². The summed E-state index contributed by atoms with van der Waals surface area (Å²) in [6.45, 7) is 6.64. The van der Waals surface area contributed by atoms with E-state index in [2.05, 4.69) is 293 Å². The molecule has 11 aromatic rings. The lowest BCUT2D eigenvalue weighted by atomic mass is 9.33. The van der Waals surface area contributed by atoms with E-state index in [0.29, 0.717) is 10.0 Å². The van der Waals surface area contributed by atoms with E-state index in [1.165, 1.54) is 5.56 Å². The molecule has 2 heterocycles. The molecule has 0 atom stereocenters. The summed E-state index contributed by atoms with van der Waals surface area (Å²) < 4.78 is 1.78. The van der Waals surface area contributed by atoms with Gasteiger partial charge in [-0.2, -0.15) is 0 Å². The van der Waals surface area contributed by atoms with Gasteiger partial charge in [-0.05, 0) is 120 Å². The van der Waals surface area contributed by atoms with Gasteiger partial charge in [0.15, 0.2) is 0 Å². The zero-order valence-electron chi connectivity index (χ0n) is 42.6. The second-order valence-corrected chi connectivity index (χ2v) is 23.6. The van der Waals surface area contributed by atoms with Gasteiger partial charge in [0.2, 0.25) is 0 Å². The molecule has 7 heteroatoms. The van der Waals surface area contributed by atoms with Crippen molar-refractivity contribution in [3.05, 3.63) is 267 Å². The Morgan fingerprint density at radius 2 is 0.623 bits per heavy atom. The SMILES string of the molecule is CC(C)(C)c1cc2c3c(c1)N(c1c(-c4ccccc4)cc(-c4ccccc4)cc1-c1ccccc1)c1c(Cl)cc(Br)cc1B3c1cc(Br)cc(Cl)c1N2c1c(-c2ccccc2)cc(-c2ccccc2)cc1-c1ccccc1. The molecular formula is C70H49BBr2Cl2N2. The number of nitrogens with zero attached hydrogens (tertiary/aromatic N) is 2. The van der Waals surface area contributed by atoms with Crippen LogP contribution in [0.15, 0.2) is 252 Å². The van der Waals surface area contributed by atoms with Crippen LogP contribution >= 0.6 is 55.1 Å². The van der Waals surface area contributed by atoms with Crippen LogP contribution in [0.1, 0.15) is 26.3 Å². The van der Waals surface area contributed by atoms with Crippen LogP contribution in [0.2, 0.25) is 10.0 Å². The lowest BCUT2D eigenvalue weighted by Gasteiger charge is -2.47. The monoisotopic (exact) mass is 1160 g/mol. The van der Waals surface area contributed by atoms with Gasteiger partial charge in [0.1, 0.15) is 0 Å². The van der Waals surface area contributed by atoms with Crippen molar-refractivity contribution in [3.63, 3.8) is 0 Å². The molecule has 11 aromatic carbocycles. The normalized spacial score (nSPS) is 12.5. The molecule has 13 rings (SSSR count). The second-order valence-electron chi connectivity index (χ2n) is 21.0. The van der Waals surface area contributed by atoms with E-state index < -0.39 is 0 Å². The van der Waals surface area contributed by atoms with E-state index in [0.717, 1.165) is 126 Å². The first-order valence-corrected chi connectivity index (χ1v) is 28.3. The molecule has 0 fully saturated rings. The first-order chi connectivity index (χ1) is 37.5. The number of hydrogen-bond donors (Lipinski definition) is 0. The van der Waals surface area contributed by atoms with Crippen molar-refractivity contribution in [1.29, 1.82) is 0 Å². The van der Waals surface area contributed by atoms with Gasteiger partial charge < -0.3 is 9.80 Å². The van der Waals surface area contributed by atoms with Crippen molar-refractivity contribution in [3.8, 4) is 66.8 Å². The van der Waals surface area contributed by atoms with Gasteiger partial charge >= 0.3 is 0 Å². The molecule has 0 saturated heterocycles. The average Bonchev–Trinajstić information content (AvgIpc) is 3.62. The molecule has 0 aliphatic carbocycles. The lowest BCUT2D eigenvalue weighted by Crippen LogP contribution is -2.61. The van der Waals surface area contributed by atoms with Crippen LogP contribution in [0.3, 0.4) is 0 Å². The van der Waals surface area contributed by atoms with Crippen LogP contribution in [0, 0.1) is 0 Å². The van der Waals surface area contributed by atoms with Gasteiger partial charge in [-0.25, -0.2) is 0 Å². The summed E-state index contributed by atoms with van der Waals surface area (Å²) in [6.07, 6.45) is 0. The lowest BCUT2D eigenvalue weighted by molar-refractivity contribution is 0.590. The minimum absolute atomic E-state index is 0.301. The highest BCUT2D eigenvalue weighted by Gasteiger charge is 2.47. The van der Waals surface area contributed by atoms with Crippen LogP contribution in [-0.2, 0) is 5.41 Å². The van der Waals surface area contributed by atoms with Crippen molar-refractivity contribution in [2.75, 3.05) is 9.80 Å². The molecule has 370 valence electrons. The Balaban J connectivity index is 1.22. The Morgan fingerprint density at radius 1 is 0.338 bits per heavy atom. The van der Waals surface area contributed by atoms with Crippen molar-refractivity contribution in [1.82, 2.24) is 0 Å². The molecule has 0 aromatic heterocycles. The summed E-state index contributed by atoms with van der Waals surface area (Å²) in [4.78, 5) is 5.01. The van der Waals surface area contributed by atoms with E-state index in [4.69, 9.17) is 23.2 Å². The van der Waals surface area contributed by atoms with Crippen molar-refractivity contribution in [2.24, 2.45) is 0 Å². The predicted octanol–water partition coefficient (Wildman–Crippen LogP) is 19.9. The highest BCUT2D eigenvalue weighted by molar-refractivity contribution is 9.10. The number of hydrogen-bond acceptors (Lipinski definition) is 2. The highest BCUT2D eigenvalue weighted by Crippen LogP contribution is 2.56. The summed E-state index contributed by atoms with van der Waals surface area (Å²) in [5, 5.41) is 1.26. The fourth-order valence-electron chi connectivity index (χ4n) is 11.7. The zero-order chi connectivity index (χ0) is 52.5. The van der Waals surface area contributed by atoms with Crippen molar-refractivity contribution < 1.29 is 0 Å². The minimum atomic E-state index is -0.310. The molecule has 0 radical (unpaired) electrons. The summed E-state index contributed by atoms with van der Waals surface area (Å²) in [7, 11) is 0. The van der Waals surface area contributed by atoms with Crippen LogP contribution in [0.25, 0.3) is 66.8 Å². The fraction of sp³-hybridized carbons (Fsp3) is 0.0571. The summed E-state index contributed by atoms with van der Waals surface area (Å²) >= 11 is 23.8. The van der Waals surface area contributed by atoms with Gasteiger partial charge in [0, 0.05) is 42.6 Å². The number of anilines is 6. The molecule has 2 aliphatic rings. The third kappa shape index (κ3) is 8.75. The summed E-state index contributed by atoms with van der Waals surface area (Å²) in [5.41, 5.74) is 23.3. The number of benzene rings is 11. The van der Waals surface area contributed by atoms with Crippen LogP contribution in [0.5, 0.6) is 0 Å². The average molecular weight is 1160 g/mol. The van der Waals surface area contributed by atoms with Crippen LogP contribution in [-0.4, -0.2) is 6.71 Å². The number of halogens is 4. The van der Waals surface area contributed by atoms with Gasteiger partial charge in [0.05, 0.1) is 32.8 Å². The van der Waals surface area contributed by atoms with E-state index in [1.54, 1.807) is 0 Å². The molecule has 0 N–H and O–H groups in total. The molecule has 0 saturated carbocycles.